The fourth-order valence-corrected chi connectivity index (χ4v) is 2.79. The van der Waals surface area contributed by atoms with Gasteiger partial charge in [-0.25, -0.2) is 4.98 Å². The van der Waals surface area contributed by atoms with E-state index in [1.54, 1.807) is 24.4 Å². The van der Waals surface area contributed by atoms with Crippen molar-refractivity contribution in [2.75, 3.05) is 10.6 Å². The lowest BCUT2D eigenvalue weighted by Crippen LogP contribution is -2.25. The molecule has 6 nitrogen and oxygen atoms in total. The number of hydrogen-bond acceptors (Lipinski definition) is 5. The number of alkyl halides is 2. The normalized spacial score (nSPS) is 13.8. The molecule has 0 fully saturated rings. The highest BCUT2D eigenvalue weighted by Gasteiger charge is 2.43. The number of carbonyl (C=O) groups excluding carboxylic acids is 1. The first kappa shape index (κ1) is 17.7. The minimum atomic E-state index is -3.65. The van der Waals surface area contributed by atoms with Gasteiger partial charge in [0.1, 0.15) is 5.82 Å². The van der Waals surface area contributed by atoms with Crippen molar-refractivity contribution in [2.45, 2.75) is 13.2 Å². The highest BCUT2D eigenvalue weighted by molar-refractivity contribution is 5.89. The molecule has 2 N–H and O–H groups in total. The Bertz CT molecular complexity index is 1040. The molecule has 2 heterocycles. The molecular weight excluding hydrogens is 368 g/mol. The van der Waals surface area contributed by atoms with Gasteiger partial charge in [0.05, 0.1) is 0 Å². The number of anilines is 3. The highest BCUT2D eigenvalue weighted by atomic mass is 19.3. The van der Waals surface area contributed by atoms with E-state index in [0.29, 0.717) is 17.2 Å². The van der Waals surface area contributed by atoms with Crippen LogP contribution in [-0.4, -0.2) is 17.2 Å². The Morgan fingerprint density at radius 2 is 1.79 bits per heavy atom. The van der Waals surface area contributed by atoms with E-state index in [2.05, 4.69) is 25.1 Å². The third-order valence-electron chi connectivity index (χ3n) is 3.95. The summed E-state index contributed by atoms with van der Waals surface area (Å²) < 4.78 is 35.0. The van der Waals surface area contributed by atoms with Gasteiger partial charge in [-0.05, 0) is 42.0 Å². The zero-order valence-corrected chi connectivity index (χ0v) is 14.7. The smallest absolute Gasteiger partial charge is 0.395 e. The maximum absolute atomic E-state index is 13.1. The minimum absolute atomic E-state index is 0.0158. The maximum Gasteiger partial charge on any atom is 0.586 e. The predicted molar refractivity (Wildman–Crippen MR) is 99.9 cm³/mol. The van der Waals surface area contributed by atoms with E-state index >= 15 is 0 Å². The van der Waals surface area contributed by atoms with Crippen molar-refractivity contribution in [2.24, 2.45) is 0 Å². The molecule has 4 rings (SSSR count). The number of hydrogen-bond donors (Lipinski definition) is 2. The van der Waals surface area contributed by atoms with Crippen LogP contribution >= 0.6 is 0 Å². The molecule has 1 aliphatic heterocycles. The van der Waals surface area contributed by atoms with Gasteiger partial charge in [-0.2, -0.15) is 0 Å². The van der Waals surface area contributed by atoms with Crippen LogP contribution in [0.1, 0.15) is 6.92 Å². The number of pyridine rings is 1. The molecule has 0 unspecified atom stereocenters. The zero-order valence-electron chi connectivity index (χ0n) is 14.7. The number of nitrogens with zero attached hydrogens (tertiary/aromatic N) is 1. The quantitative estimate of drug-likeness (QED) is 0.679. The lowest BCUT2D eigenvalue weighted by molar-refractivity contribution is -0.286. The van der Waals surface area contributed by atoms with Crippen LogP contribution in [0.5, 0.6) is 11.5 Å². The van der Waals surface area contributed by atoms with Crippen molar-refractivity contribution in [1.29, 1.82) is 0 Å². The monoisotopic (exact) mass is 383 g/mol. The van der Waals surface area contributed by atoms with Crippen LogP contribution < -0.4 is 20.1 Å². The number of fused-ring (bicyclic) bond motifs is 1. The molecule has 1 amide bonds. The van der Waals surface area contributed by atoms with Crippen molar-refractivity contribution in [3.8, 4) is 22.6 Å². The third-order valence-corrected chi connectivity index (χ3v) is 3.95. The average molecular weight is 383 g/mol. The molecule has 8 heteroatoms. The lowest BCUT2D eigenvalue weighted by atomic mass is 10.1. The SMILES string of the molecule is CC(=O)Nc1cccc(-c2ccc(Nc3ccc4c(c3)OC(F)(F)O4)nc2)c1. The molecule has 28 heavy (non-hydrogen) atoms. The van der Waals surface area contributed by atoms with E-state index in [1.165, 1.54) is 19.1 Å². The summed E-state index contributed by atoms with van der Waals surface area (Å²) in [5.74, 6) is 0.336. The Kier molecular flexibility index (Phi) is 4.31. The number of amides is 1. The van der Waals surface area contributed by atoms with Crippen LogP contribution in [0.15, 0.2) is 60.8 Å². The standard InChI is InChI=1S/C20H15F2N3O3/c1-12(26)24-15-4-2-3-13(9-15)14-5-8-19(23-11-14)25-16-6-7-17-18(10-16)28-20(21,22)27-17/h2-11H,1H3,(H,23,25)(H,24,26). The summed E-state index contributed by atoms with van der Waals surface area (Å²) in [4.78, 5) is 15.5. The number of nitrogens with one attached hydrogen (secondary N) is 2. The first-order valence-corrected chi connectivity index (χ1v) is 8.39. The van der Waals surface area contributed by atoms with E-state index < -0.39 is 6.29 Å². The summed E-state index contributed by atoms with van der Waals surface area (Å²) in [6, 6.07) is 15.5. The second-order valence-corrected chi connectivity index (χ2v) is 6.15. The van der Waals surface area contributed by atoms with Gasteiger partial charge in [0.25, 0.3) is 0 Å². The van der Waals surface area contributed by atoms with Crippen LogP contribution in [-0.2, 0) is 4.79 Å². The highest BCUT2D eigenvalue weighted by Crippen LogP contribution is 2.42. The molecular formula is C20H15F2N3O3. The molecule has 0 saturated heterocycles. The van der Waals surface area contributed by atoms with Gasteiger partial charge in [0.2, 0.25) is 5.91 Å². The number of rotatable bonds is 4. The van der Waals surface area contributed by atoms with Crippen molar-refractivity contribution in [1.82, 2.24) is 4.98 Å². The molecule has 0 aliphatic carbocycles. The van der Waals surface area contributed by atoms with Gasteiger partial charge >= 0.3 is 6.29 Å². The number of halogens is 2. The molecule has 3 aromatic rings. The molecule has 0 spiro atoms. The Morgan fingerprint density at radius 1 is 0.964 bits per heavy atom. The van der Waals surface area contributed by atoms with E-state index in [1.807, 2.05) is 24.3 Å². The van der Waals surface area contributed by atoms with Crippen molar-refractivity contribution < 1.29 is 23.0 Å². The second-order valence-electron chi connectivity index (χ2n) is 6.15. The summed E-state index contributed by atoms with van der Waals surface area (Å²) in [6.45, 7) is 1.45. The largest absolute Gasteiger partial charge is 0.586 e. The topological polar surface area (TPSA) is 72.5 Å². The third kappa shape index (κ3) is 3.85. The molecule has 0 atom stereocenters. The fourth-order valence-electron chi connectivity index (χ4n) is 2.79. The molecule has 142 valence electrons. The first-order valence-electron chi connectivity index (χ1n) is 8.39. The Balaban J connectivity index is 1.50. The van der Waals surface area contributed by atoms with Crippen molar-refractivity contribution in [3.63, 3.8) is 0 Å². The maximum atomic E-state index is 13.1. The van der Waals surface area contributed by atoms with E-state index in [-0.39, 0.29) is 17.4 Å². The fraction of sp³-hybridized carbons (Fsp3) is 0.100. The van der Waals surface area contributed by atoms with E-state index in [9.17, 15) is 13.6 Å². The number of carbonyl (C=O) groups is 1. The Hall–Kier alpha value is -3.68. The van der Waals surface area contributed by atoms with Crippen LogP contribution in [0.3, 0.4) is 0 Å². The average Bonchev–Trinajstić information content (AvgIpc) is 2.95. The summed E-state index contributed by atoms with van der Waals surface area (Å²) in [5.41, 5.74) is 3.00. The Morgan fingerprint density at radius 3 is 2.54 bits per heavy atom. The van der Waals surface area contributed by atoms with Crippen LogP contribution in [0.25, 0.3) is 11.1 Å². The van der Waals surface area contributed by atoms with Crippen molar-refractivity contribution in [3.05, 3.63) is 60.8 Å². The van der Waals surface area contributed by atoms with E-state index in [0.717, 1.165) is 11.1 Å². The number of benzene rings is 2. The molecule has 2 aromatic carbocycles. The van der Waals surface area contributed by atoms with Gasteiger partial charge in [-0.1, -0.05) is 12.1 Å². The Labute approximate surface area is 159 Å². The van der Waals surface area contributed by atoms with Gasteiger partial charge in [-0.3, -0.25) is 4.79 Å². The zero-order chi connectivity index (χ0) is 19.7. The van der Waals surface area contributed by atoms with Crippen molar-refractivity contribution >= 4 is 23.1 Å². The lowest BCUT2D eigenvalue weighted by Gasteiger charge is -2.09. The van der Waals surface area contributed by atoms with Crippen LogP contribution in [0.2, 0.25) is 0 Å². The van der Waals surface area contributed by atoms with Gasteiger partial charge in [0, 0.05) is 36.1 Å². The molecule has 0 saturated carbocycles. The van der Waals surface area contributed by atoms with Gasteiger partial charge in [-0.15, -0.1) is 8.78 Å². The van der Waals surface area contributed by atoms with E-state index in [4.69, 9.17) is 0 Å². The van der Waals surface area contributed by atoms with Gasteiger partial charge < -0.3 is 20.1 Å². The number of ether oxygens (including phenoxy) is 2. The minimum Gasteiger partial charge on any atom is -0.395 e. The summed E-state index contributed by atoms with van der Waals surface area (Å²) in [7, 11) is 0. The second kappa shape index (κ2) is 6.80. The summed E-state index contributed by atoms with van der Waals surface area (Å²) in [5, 5.41) is 5.77. The first-order chi connectivity index (χ1) is 13.4. The molecule has 0 radical (unpaired) electrons. The number of aromatic nitrogens is 1. The summed E-state index contributed by atoms with van der Waals surface area (Å²) >= 11 is 0. The van der Waals surface area contributed by atoms with Crippen LogP contribution in [0.4, 0.5) is 26.0 Å². The summed E-state index contributed by atoms with van der Waals surface area (Å²) in [6.07, 6.45) is -1.97. The van der Waals surface area contributed by atoms with Crippen LogP contribution in [0, 0.1) is 0 Å². The molecule has 0 bridgehead atoms. The molecule has 1 aliphatic rings. The molecule has 1 aromatic heterocycles. The van der Waals surface area contributed by atoms with Gasteiger partial charge in [0.15, 0.2) is 11.5 Å². The predicted octanol–water partition coefficient (Wildman–Crippen LogP) is 4.77.